The van der Waals surface area contributed by atoms with Gasteiger partial charge in [0.1, 0.15) is 0 Å². The normalized spacial score (nSPS) is 15.7. The summed E-state index contributed by atoms with van der Waals surface area (Å²) in [4.78, 5) is 0. The third kappa shape index (κ3) is 2.85. The summed E-state index contributed by atoms with van der Waals surface area (Å²) < 4.78 is 0. The number of rotatable bonds is 2. The Labute approximate surface area is 58.8 Å². The molecule has 0 fully saturated rings. The van der Waals surface area contributed by atoms with Gasteiger partial charge in [0.15, 0.2) is 0 Å². The Morgan fingerprint density at radius 2 is 1.78 bits per heavy atom. The minimum Gasteiger partial charge on any atom is -0.316 e. The lowest BCUT2D eigenvalue weighted by molar-refractivity contribution is 0.275. The van der Waals surface area contributed by atoms with Gasteiger partial charge in [-0.15, -0.1) is 0 Å². The first-order chi connectivity index (χ1) is 4.02. The van der Waals surface area contributed by atoms with Crippen molar-refractivity contribution in [1.82, 2.24) is 5.32 Å². The third-order valence-corrected chi connectivity index (χ3v) is 1.80. The Hall–Kier alpha value is -0.0400. The van der Waals surface area contributed by atoms with Gasteiger partial charge in [0.05, 0.1) is 0 Å². The molecule has 0 heterocycles. The van der Waals surface area contributed by atoms with Crippen molar-refractivity contribution >= 4 is 0 Å². The van der Waals surface area contributed by atoms with E-state index in [9.17, 15) is 0 Å². The van der Waals surface area contributed by atoms with E-state index in [1.165, 1.54) is 6.42 Å². The second-order valence-corrected chi connectivity index (χ2v) is 3.62. The van der Waals surface area contributed by atoms with Gasteiger partial charge in [-0.05, 0) is 18.9 Å². The van der Waals surface area contributed by atoms with Crippen molar-refractivity contribution in [1.29, 1.82) is 0 Å². The average Bonchev–Trinajstić information content (AvgIpc) is 1.65. The van der Waals surface area contributed by atoms with Gasteiger partial charge in [-0.3, -0.25) is 0 Å². The summed E-state index contributed by atoms with van der Waals surface area (Å²) in [6, 6.07) is 0.650. The highest BCUT2D eigenvalue weighted by Crippen LogP contribution is 2.20. The van der Waals surface area contributed by atoms with Crippen LogP contribution in [0.3, 0.4) is 0 Å². The quantitative estimate of drug-likeness (QED) is 0.601. The number of hydrogen-bond acceptors (Lipinski definition) is 1. The molecule has 0 rings (SSSR count). The van der Waals surface area contributed by atoms with Crippen molar-refractivity contribution in [3.05, 3.63) is 0 Å². The van der Waals surface area contributed by atoms with E-state index in [1.807, 2.05) is 7.05 Å². The van der Waals surface area contributed by atoms with Crippen LogP contribution in [-0.4, -0.2) is 13.1 Å². The summed E-state index contributed by atoms with van der Waals surface area (Å²) in [6.45, 7) is 9.00. The molecule has 0 aliphatic heterocycles. The van der Waals surface area contributed by atoms with E-state index in [-0.39, 0.29) is 0 Å². The molecule has 0 bridgehead atoms. The first-order valence-corrected chi connectivity index (χ1v) is 3.69. The predicted molar refractivity (Wildman–Crippen MR) is 42.6 cm³/mol. The number of nitrogens with one attached hydrogen (secondary N) is 1. The highest BCUT2D eigenvalue weighted by Gasteiger charge is 2.20. The molecule has 1 N–H and O–H groups in total. The molecule has 1 unspecified atom stereocenters. The van der Waals surface area contributed by atoms with Crippen LogP contribution in [0.4, 0.5) is 0 Å². The fourth-order valence-corrected chi connectivity index (χ4v) is 1.25. The molecule has 0 spiro atoms. The monoisotopic (exact) mass is 129 g/mol. The lowest BCUT2D eigenvalue weighted by atomic mass is 9.85. The lowest BCUT2D eigenvalue weighted by Gasteiger charge is -2.29. The van der Waals surface area contributed by atoms with Crippen LogP contribution in [0, 0.1) is 5.41 Å². The van der Waals surface area contributed by atoms with Crippen molar-refractivity contribution in [2.45, 2.75) is 40.2 Å². The van der Waals surface area contributed by atoms with Crippen LogP contribution in [0.5, 0.6) is 0 Å². The van der Waals surface area contributed by atoms with E-state index in [2.05, 4.69) is 33.0 Å². The smallest absolute Gasteiger partial charge is 0.0110 e. The third-order valence-electron chi connectivity index (χ3n) is 1.80. The standard InChI is InChI=1S/C8H19N/c1-6-7(9-5)8(2,3)4/h7,9H,6H2,1-5H3. The molecule has 0 aromatic carbocycles. The Balaban J connectivity index is 3.79. The molecule has 0 aromatic rings. The summed E-state index contributed by atoms with van der Waals surface area (Å²) in [5.74, 6) is 0. The van der Waals surface area contributed by atoms with Crippen LogP contribution in [0.25, 0.3) is 0 Å². The minimum absolute atomic E-state index is 0.406. The van der Waals surface area contributed by atoms with Gasteiger partial charge in [-0.2, -0.15) is 0 Å². The molecule has 1 heteroatoms. The summed E-state index contributed by atoms with van der Waals surface area (Å²) in [5.41, 5.74) is 0.406. The highest BCUT2D eigenvalue weighted by atomic mass is 14.9. The zero-order chi connectivity index (χ0) is 7.49. The molecule has 0 amide bonds. The molecule has 9 heavy (non-hydrogen) atoms. The van der Waals surface area contributed by atoms with Gasteiger partial charge >= 0.3 is 0 Å². The Kier molecular flexibility index (Phi) is 3.20. The van der Waals surface area contributed by atoms with Gasteiger partial charge in [0.25, 0.3) is 0 Å². The van der Waals surface area contributed by atoms with Crippen LogP contribution in [0.2, 0.25) is 0 Å². The maximum Gasteiger partial charge on any atom is 0.0110 e. The zero-order valence-corrected chi connectivity index (χ0v) is 7.28. The van der Waals surface area contributed by atoms with Gasteiger partial charge < -0.3 is 5.32 Å². The summed E-state index contributed by atoms with van der Waals surface area (Å²) in [5, 5.41) is 3.29. The van der Waals surface area contributed by atoms with E-state index in [0.29, 0.717) is 11.5 Å². The van der Waals surface area contributed by atoms with E-state index >= 15 is 0 Å². The van der Waals surface area contributed by atoms with E-state index in [1.54, 1.807) is 0 Å². The fourth-order valence-electron chi connectivity index (χ4n) is 1.25. The van der Waals surface area contributed by atoms with Crippen molar-refractivity contribution < 1.29 is 0 Å². The molecule has 1 nitrogen and oxygen atoms in total. The van der Waals surface area contributed by atoms with E-state index < -0.39 is 0 Å². The van der Waals surface area contributed by atoms with Gasteiger partial charge in [-0.1, -0.05) is 27.7 Å². The molecular weight excluding hydrogens is 110 g/mol. The molecule has 56 valence electrons. The van der Waals surface area contributed by atoms with E-state index in [4.69, 9.17) is 0 Å². The van der Waals surface area contributed by atoms with Crippen molar-refractivity contribution in [3.8, 4) is 0 Å². The Morgan fingerprint density at radius 3 is 1.78 bits per heavy atom. The summed E-state index contributed by atoms with van der Waals surface area (Å²) in [7, 11) is 2.03. The zero-order valence-electron chi connectivity index (χ0n) is 7.28. The van der Waals surface area contributed by atoms with Crippen molar-refractivity contribution in [3.63, 3.8) is 0 Å². The second kappa shape index (κ2) is 3.21. The molecular formula is C8H19N. The molecule has 0 aromatic heterocycles. The van der Waals surface area contributed by atoms with Crippen LogP contribution >= 0.6 is 0 Å². The largest absolute Gasteiger partial charge is 0.316 e. The SMILES string of the molecule is CCC(NC)C(C)(C)C. The molecule has 0 aliphatic rings. The van der Waals surface area contributed by atoms with Gasteiger partial charge in [-0.25, -0.2) is 0 Å². The average molecular weight is 129 g/mol. The highest BCUT2D eigenvalue weighted by molar-refractivity contribution is 4.77. The van der Waals surface area contributed by atoms with Crippen LogP contribution in [-0.2, 0) is 0 Å². The molecule has 0 saturated heterocycles. The van der Waals surface area contributed by atoms with Crippen LogP contribution in [0.1, 0.15) is 34.1 Å². The van der Waals surface area contributed by atoms with Crippen LogP contribution < -0.4 is 5.32 Å². The summed E-state index contributed by atoms with van der Waals surface area (Å²) >= 11 is 0. The van der Waals surface area contributed by atoms with Gasteiger partial charge in [0.2, 0.25) is 0 Å². The molecule has 0 aliphatic carbocycles. The minimum atomic E-state index is 0.406. The van der Waals surface area contributed by atoms with Crippen LogP contribution in [0.15, 0.2) is 0 Å². The number of hydrogen-bond donors (Lipinski definition) is 1. The Morgan fingerprint density at radius 1 is 1.33 bits per heavy atom. The molecule has 0 saturated carbocycles. The topological polar surface area (TPSA) is 12.0 Å². The predicted octanol–water partition coefficient (Wildman–Crippen LogP) is 2.03. The lowest BCUT2D eigenvalue weighted by Crippen LogP contribution is -2.37. The molecule has 1 atom stereocenters. The first-order valence-electron chi connectivity index (χ1n) is 3.69. The van der Waals surface area contributed by atoms with Crippen molar-refractivity contribution in [2.24, 2.45) is 5.41 Å². The Bertz CT molecular complexity index is 67.1. The maximum atomic E-state index is 3.29. The molecule has 0 radical (unpaired) electrons. The maximum absolute atomic E-state index is 3.29. The summed E-state index contributed by atoms with van der Waals surface area (Å²) in [6.07, 6.45) is 1.21. The van der Waals surface area contributed by atoms with E-state index in [0.717, 1.165) is 0 Å². The van der Waals surface area contributed by atoms with Gasteiger partial charge in [0, 0.05) is 6.04 Å². The fraction of sp³-hybridized carbons (Fsp3) is 1.00. The first kappa shape index (κ1) is 8.96. The second-order valence-electron chi connectivity index (χ2n) is 3.62. The van der Waals surface area contributed by atoms with Crippen molar-refractivity contribution in [2.75, 3.05) is 7.05 Å².